The van der Waals surface area contributed by atoms with Gasteiger partial charge in [0.25, 0.3) is 11.8 Å². The van der Waals surface area contributed by atoms with Gasteiger partial charge in [-0.15, -0.1) is 23.5 Å². The molecule has 0 spiro atoms. The van der Waals surface area contributed by atoms with Crippen molar-refractivity contribution in [3.63, 3.8) is 0 Å². The topological polar surface area (TPSA) is 49.9 Å². The Hall–Kier alpha value is -1.60. The minimum Gasteiger partial charge on any atom is -0.489 e. The van der Waals surface area contributed by atoms with Crippen molar-refractivity contribution in [1.29, 1.82) is 0 Å². The summed E-state index contributed by atoms with van der Waals surface area (Å²) in [6, 6.07) is 7.75. The Morgan fingerprint density at radius 1 is 1.22 bits per heavy atom. The van der Waals surface area contributed by atoms with Gasteiger partial charge < -0.3 is 14.5 Å². The summed E-state index contributed by atoms with van der Waals surface area (Å²) in [5, 5.41) is -0.464. The van der Waals surface area contributed by atoms with Crippen molar-refractivity contribution in [3.05, 3.63) is 41.5 Å². The lowest BCUT2D eigenvalue weighted by Gasteiger charge is -2.48. The van der Waals surface area contributed by atoms with Gasteiger partial charge in [0.05, 0.1) is 0 Å². The minimum absolute atomic E-state index is 0.0410. The molecule has 1 aromatic rings. The Labute approximate surface area is 170 Å². The lowest BCUT2D eigenvalue weighted by molar-refractivity contribution is -0.156. The number of amides is 2. The lowest BCUT2D eigenvalue weighted by atomic mass is 10.0. The monoisotopic (exact) mass is 408 g/mol. The number of likely N-dealkylation sites (N-methyl/N-ethyl adjacent to an activating group) is 2. The van der Waals surface area contributed by atoms with E-state index in [1.165, 1.54) is 29.1 Å². The van der Waals surface area contributed by atoms with Gasteiger partial charge in [-0.2, -0.15) is 0 Å². The molecule has 0 N–H and O–H groups in total. The number of benzene rings is 1. The molecule has 2 rings (SSSR count). The highest BCUT2D eigenvalue weighted by atomic mass is 32.2. The number of allylic oxidation sites excluding steroid dienone is 1. The molecule has 2 unspecified atom stereocenters. The maximum absolute atomic E-state index is 13.2. The number of piperazine rings is 1. The van der Waals surface area contributed by atoms with E-state index >= 15 is 0 Å². The highest BCUT2D eigenvalue weighted by molar-refractivity contribution is 8.01. The van der Waals surface area contributed by atoms with Crippen LogP contribution in [0.5, 0.6) is 5.75 Å². The molecule has 5 nitrogen and oxygen atoms in total. The number of nitrogens with zero attached hydrogens (tertiary/aromatic N) is 2. The van der Waals surface area contributed by atoms with Crippen LogP contribution in [0.4, 0.5) is 0 Å². The zero-order valence-corrected chi connectivity index (χ0v) is 18.4. The second-order valence-electron chi connectivity index (χ2n) is 6.63. The molecule has 1 fully saturated rings. The summed E-state index contributed by atoms with van der Waals surface area (Å²) in [4.78, 5) is 28.2. The zero-order valence-electron chi connectivity index (χ0n) is 16.8. The van der Waals surface area contributed by atoms with E-state index in [9.17, 15) is 9.59 Å². The van der Waals surface area contributed by atoms with Crippen molar-refractivity contribution in [1.82, 2.24) is 9.80 Å². The average molecular weight is 409 g/mol. The number of hydrogen-bond donors (Lipinski definition) is 0. The van der Waals surface area contributed by atoms with E-state index in [4.69, 9.17) is 4.74 Å². The van der Waals surface area contributed by atoms with Crippen molar-refractivity contribution < 1.29 is 14.3 Å². The predicted octanol–water partition coefficient (Wildman–Crippen LogP) is 3.25. The Balaban J connectivity index is 2.22. The van der Waals surface area contributed by atoms with E-state index in [0.29, 0.717) is 13.0 Å². The standard InChI is InChI=1S/C20H28N2O3S2/c1-7-14(2)13-25-16-10-8-15(9-11-16)12-20(27-6)19(24)21(3)18(26-5)17(23)22(20)4/h7-11,18H,12-13H2,1-6H3. The van der Waals surface area contributed by atoms with Gasteiger partial charge in [0.15, 0.2) is 10.2 Å². The quantitative estimate of drug-likeness (QED) is 0.648. The molecule has 1 aromatic carbocycles. The van der Waals surface area contributed by atoms with Crippen molar-refractivity contribution in [2.24, 2.45) is 0 Å². The number of thioether (sulfide) groups is 2. The van der Waals surface area contributed by atoms with Gasteiger partial charge in [-0.25, -0.2) is 0 Å². The van der Waals surface area contributed by atoms with Gasteiger partial charge in [-0.05, 0) is 49.6 Å². The molecule has 0 bridgehead atoms. The van der Waals surface area contributed by atoms with Crippen LogP contribution in [0.1, 0.15) is 19.4 Å². The molecule has 0 saturated carbocycles. The van der Waals surface area contributed by atoms with Crippen LogP contribution in [0.2, 0.25) is 0 Å². The van der Waals surface area contributed by atoms with Crippen molar-refractivity contribution in [2.45, 2.75) is 30.5 Å². The van der Waals surface area contributed by atoms with Crippen molar-refractivity contribution in [3.8, 4) is 5.75 Å². The summed E-state index contributed by atoms with van der Waals surface area (Å²) in [6.07, 6.45) is 6.21. The van der Waals surface area contributed by atoms with Crippen LogP contribution >= 0.6 is 23.5 Å². The lowest BCUT2D eigenvalue weighted by Crippen LogP contribution is -2.68. The normalized spacial score (nSPS) is 23.8. The molecule has 0 aromatic heterocycles. The van der Waals surface area contributed by atoms with E-state index in [0.717, 1.165) is 11.3 Å². The highest BCUT2D eigenvalue weighted by Gasteiger charge is 2.53. The summed E-state index contributed by atoms with van der Waals surface area (Å²) in [5.41, 5.74) is 2.16. The molecule has 1 aliphatic heterocycles. The molecule has 0 radical (unpaired) electrons. The second kappa shape index (κ2) is 9.06. The van der Waals surface area contributed by atoms with E-state index in [1.807, 2.05) is 56.7 Å². The molecule has 2 atom stereocenters. The Morgan fingerprint density at radius 2 is 1.85 bits per heavy atom. The van der Waals surface area contributed by atoms with Gasteiger partial charge in [0.2, 0.25) is 0 Å². The largest absolute Gasteiger partial charge is 0.489 e. The molecule has 0 aliphatic carbocycles. The fraction of sp³-hybridized carbons (Fsp3) is 0.500. The number of carbonyl (C=O) groups is 2. The van der Waals surface area contributed by atoms with Crippen molar-refractivity contribution >= 4 is 35.3 Å². The average Bonchev–Trinajstić information content (AvgIpc) is 2.69. The van der Waals surface area contributed by atoms with Crippen LogP contribution in [0.15, 0.2) is 35.9 Å². The van der Waals surface area contributed by atoms with E-state index in [2.05, 4.69) is 0 Å². The predicted molar refractivity (Wildman–Crippen MR) is 114 cm³/mol. The zero-order chi connectivity index (χ0) is 20.2. The number of ether oxygens (including phenoxy) is 1. The molecule has 1 heterocycles. The summed E-state index contributed by atoms with van der Waals surface area (Å²) in [5.74, 6) is 0.707. The first-order chi connectivity index (χ1) is 12.8. The van der Waals surface area contributed by atoms with Gasteiger partial charge in [-0.3, -0.25) is 9.59 Å². The van der Waals surface area contributed by atoms with Crippen LogP contribution in [0.25, 0.3) is 0 Å². The van der Waals surface area contributed by atoms with Crippen molar-refractivity contribution in [2.75, 3.05) is 33.2 Å². The number of hydrogen-bond acceptors (Lipinski definition) is 5. The summed E-state index contributed by atoms with van der Waals surface area (Å²) < 4.78 is 5.74. The number of rotatable bonds is 7. The second-order valence-corrected chi connectivity index (χ2v) is 8.64. The molecule has 7 heteroatoms. The van der Waals surface area contributed by atoms with Gasteiger partial charge >= 0.3 is 0 Å². The van der Waals surface area contributed by atoms with Crippen LogP contribution in [0.3, 0.4) is 0 Å². The summed E-state index contributed by atoms with van der Waals surface area (Å²) in [6.45, 7) is 4.57. The Bertz CT molecular complexity index is 720. The molecular formula is C20H28N2O3S2. The smallest absolute Gasteiger partial charge is 0.260 e. The highest BCUT2D eigenvalue weighted by Crippen LogP contribution is 2.39. The van der Waals surface area contributed by atoms with Gasteiger partial charge in [0.1, 0.15) is 12.4 Å². The Morgan fingerprint density at radius 3 is 2.37 bits per heavy atom. The molecule has 1 aliphatic rings. The van der Waals surface area contributed by atoms with E-state index in [-0.39, 0.29) is 11.8 Å². The first-order valence-electron chi connectivity index (χ1n) is 8.77. The Kier molecular flexibility index (Phi) is 7.28. The molecule has 148 valence electrons. The maximum atomic E-state index is 13.2. The third-order valence-corrected chi connectivity index (χ3v) is 7.21. The van der Waals surface area contributed by atoms with Crippen LogP contribution < -0.4 is 4.74 Å². The third kappa shape index (κ3) is 4.29. The molecule has 27 heavy (non-hydrogen) atoms. The summed E-state index contributed by atoms with van der Waals surface area (Å²) >= 11 is 2.79. The molecule has 1 saturated heterocycles. The van der Waals surface area contributed by atoms with Crippen LogP contribution in [0, 0.1) is 0 Å². The SMILES string of the molecule is CC=C(C)COc1ccc(CC2(SC)C(=O)N(C)C(SC)C(=O)N2C)cc1. The third-order valence-electron chi connectivity index (χ3n) is 4.98. The molecule has 2 amide bonds. The minimum atomic E-state index is -0.929. The van der Waals surface area contributed by atoms with Gasteiger partial charge in [0, 0.05) is 20.5 Å². The maximum Gasteiger partial charge on any atom is 0.260 e. The van der Waals surface area contributed by atoms with E-state index < -0.39 is 10.2 Å². The summed E-state index contributed by atoms with van der Waals surface area (Å²) in [7, 11) is 3.43. The van der Waals surface area contributed by atoms with Crippen LogP contribution in [-0.2, 0) is 16.0 Å². The van der Waals surface area contributed by atoms with E-state index in [1.54, 1.807) is 23.9 Å². The number of carbonyl (C=O) groups excluding carboxylic acids is 2. The van der Waals surface area contributed by atoms with Crippen LogP contribution in [-0.4, -0.2) is 65.1 Å². The first kappa shape index (κ1) is 21.7. The first-order valence-corrected chi connectivity index (χ1v) is 11.3. The van der Waals surface area contributed by atoms with Gasteiger partial charge in [-0.1, -0.05) is 18.2 Å². The fourth-order valence-corrected chi connectivity index (χ4v) is 4.81. The fourth-order valence-electron chi connectivity index (χ4n) is 3.05. The molecular weight excluding hydrogens is 380 g/mol.